The Morgan fingerprint density at radius 3 is 2.72 bits per heavy atom. The number of rotatable bonds is 5. The Morgan fingerprint density at radius 1 is 1.12 bits per heavy atom. The molecule has 3 heterocycles. The molecule has 0 radical (unpaired) electrons. The van der Waals surface area contributed by atoms with Crippen molar-refractivity contribution in [2.75, 3.05) is 29.0 Å². The molecule has 2 aliphatic heterocycles. The number of para-hydroxylation sites is 1. The number of benzene rings is 2. The summed E-state index contributed by atoms with van der Waals surface area (Å²) >= 11 is 0. The van der Waals surface area contributed by atoms with Gasteiger partial charge in [0.25, 0.3) is 0 Å². The third-order valence-corrected chi connectivity index (χ3v) is 6.48. The summed E-state index contributed by atoms with van der Waals surface area (Å²) in [5.41, 5.74) is 8.39. The van der Waals surface area contributed by atoms with Gasteiger partial charge >= 0.3 is 0 Å². The maximum absolute atomic E-state index is 4.72. The second-order valence-electron chi connectivity index (χ2n) is 8.70. The fraction of sp³-hybridized carbons (Fsp3) is 0.360. The van der Waals surface area contributed by atoms with E-state index in [9.17, 15) is 0 Å². The van der Waals surface area contributed by atoms with Gasteiger partial charge in [-0.1, -0.05) is 31.2 Å². The topological polar surface area (TPSA) is 69.5 Å². The number of likely N-dealkylation sites (N-methyl/N-ethyl adjacent to an activating group) is 1. The van der Waals surface area contributed by atoms with Gasteiger partial charge < -0.3 is 16.0 Å². The van der Waals surface area contributed by atoms with Gasteiger partial charge in [0.2, 0.25) is 0 Å². The standard InChI is InChI=1S/C25H31N7/c1-5-32-12-11-18-9-10-20(13-19(18)15-32)27-25-26-14-21-23(30-31(4)24(21)29-25)28-22-16(2)7-6-8-17(22)3/h6-10,13-14,25,27,29H,5,11-12,15H2,1-4H3,(H,28,30). The van der Waals surface area contributed by atoms with E-state index in [1.54, 1.807) is 0 Å². The van der Waals surface area contributed by atoms with Crippen molar-refractivity contribution in [3.8, 4) is 0 Å². The number of anilines is 4. The summed E-state index contributed by atoms with van der Waals surface area (Å²) < 4.78 is 1.87. The summed E-state index contributed by atoms with van der Waals surface area (Å²) in [6.07, 6.45) is 2.79. The molecule has 0 saturated heterocycles. The molecule has 1 unspecified atom stereocenters. The van der Waals surface area contributed by atoms with Crippen LogP contribution in [0.3, 0.4) is 0 Å². The summed E-state index contributed by atoms with van der Waals surface area (Å²) in [5, 5.41) is 15.2. The van der Waals surface area contributed by atoms with Crippen molar-refractivity contribution >= 4 is 29.2 Å². The molecule has 5 rings (SSSR count). The van der Waals surface area contributed by atoms with E-state index >= 15 is 0 Å². The number of aryl methyl sites for hydroxylation is 3. The molecule has 2 aliphatic rings. The largest absolute Gasteiger partial charge is 0.347 e. The molecule has 32 heavy (non-hydrogen) atoms. The fourth-order valence-electron chi connectivity index (χ4n) is 4.58. The van der Waals surface area contributed by atoms with Crippen LogP contribution in [0.25, 0.3) is 0 Å². The first-order chi connectivity index (χ1) is 15.5. The van der Waals surface area contributed by atoms with E-state index in [1.165, 1.54) is 22.3 Å². The molecule has 0 spiro atoms. The number of fused-ring (bicyclic) bond motifs is 2. The van der Waals surface area contributed by atoms with Crippen molar-refractivity contribution in [3.05, 3.63) is 64.2 Å². The summed E-state index contributed by atoms with van der Waals surface area (Å²) in [6.45, 7) is 9.69. The van der Waals surface area contributed by atoms with Gasteiger partial charge in [0.1, 0.15) is 5.82 Å². The van der Waals surface area contributed by atoms with Gasteiger partial charge in [0, 0.05) is 37.7 Å². The maximum Gasteiger partial charge on any atom is 0.195 e. The van der Waals surface area contributed by atoms with Crippen LogP contribution in [-0.4, -0.2) is 40.3 Å². The lowest BCUT2D eigenvalue weighted by atomic mass is 9.99. The van der Waals surface area contributed by atoms with E-state index in [2.05, 4.69) is 78.0 Å². The highest BCUT2D eigenvalue weighted by Crippen LogP contribution is 2.31. The minimum atomic E-state index is -0.241. The van der Waals surface area contributed by atoms with Gasteiger partial charge in [-0.05, 0) is 61.2 Å². The van der Waals surface area contributed by atoms with E-state index in [-0.39, 0.29) is 6.29 Å². The lowest BCUT2D eigenvalue weighted by Gasteiger charge is -2.28. The lowest BCUT2D eigenvalue weighted by Crippen LogP contribution is -2.32. The molecule has 0 bridgehead atoms. The van der Waals surface area contributed by atoms with Crippen molar-refractivity contribution in [2.24, 2.45) is 12.0 Å². The third kappa shape index (κ3) is 3.84. The normalized spacial score (nSPS) is 17.4. The quantitative estimate of drug-likeness (QED) is 0.561. The Balaban J connectivity index is 1.34. The van der Waals surface area contributed by atoms with Crippen LogP contribution < -0.4 is 16.0 Å². The van der Waals surface area contributed by atoms with Gasteiger partial charge in [-0.2, -0.15) is 5.10 Å². The summed E-state index contributed by atoms with van der Waals surface area (Å²) in [4.78, 5) is 7.20. The Kier molecular flexibility index (Phi) is 5.35. The Bertz CT molecular complexity index is 1160. The van der Waals surface area contributed by atoms with Crippen LogP contribution in [0.5, 0.6) is 0 Å². The zero-order valence-corrected chi connectivity index (χ0v) is 19.2. The molecule has 0 saturated carbocycles. The second kappa shape index (κ2) is 8.31. The van der Waals surface area contributed by atoms with Crippen molar-refractivity contribution in [2.45, 2.75) is 40.0 Å². The number of hydrogen-bond donors (Lipinski definition) is 3. The van der Waals surface area contributed by atoms with E-state index in [1.807, 2.05) is 17.9 Å². The van der Waals surface area contributed by atoms with Crippen LogP contribution in [0, 0.1) is 13.8 Å². The molecule has 1 atom stereocenters. The number of aliphatic imine (C=N–C) groups is 1. The molecule has 3 N–H and O–H groups in total. The second-order valence-corrected chi connectivity index (χ2v) is 8.70. The van der Waals surface area contributed by atoms with Crippen LogP contribution in [0.2, 0.25) is 0 Å². The first-order valence-electron chi connectivity index (χ1n) is 11.3. The van der Waals surface area contributed by atoms with Crippen LogP contribution in [0.1, 0.15) is 34.7 Å². The zero-order chi connectivity index (χ0) is 22.2. The predicted octanol–water partition coefficient (Wildman–Crippen LogP) is 4.40. The van der Waals surface area contributed by atoms with Gasteiger partial charge in [-0.15, -0.1) is 0 Å². The van der Waals surface area contributed by atoms with Crippen molar-refractivity contribution < 1.29 is 0 Å². The smallest absolute Gasteiger partial charge is 0.195 e. The Hall–Kier alpha value is -3.32. The third-order valence-electron chi connectivity index (χ3n) is 6.48. The minimum Gasteiger partial charge on any atom is -0.347 e. The van der Waals surface area contributed by atoms with Crippen molar-refractivity contribution in [1.82, 2.24) is 14.7 Å². The van der Waals surface area contributed by atoms with Gasteiger partial charge in [-0.3, -0.25) is 9.58 Å². The minimum absolute atomic E-state index is 0.241. The van der Waals surface area contributed by atoms with E-state index in [0.29, 0.717) is 0 Å². The number of aromatic nitrogens is 2. The van der Waals surface area contributed by atoms with Gasteiger partial charge in [0.05, 0.1) is 5.56 Å². The van der Waals surface area contributed by atoms with Crippen molar-refractivity contribution in [1.29, 1.82) is 0 Å². The predicted molar refractivity (Wildman–Crippen MR) is 132 cm³/mol. The molecule has 2 aromatic carbocycles. The Labute approximate surface area is 189 Å². The Morgan fingerprint density at radius 2 is 1.94 bits per heavy atom. The molecule has 7 nitrogen and oxygen atoms in total. The van der Waals surface area contributed by atoms with Crippen molar-refractivity contribution in [3.63, 3.8) is 0 Å². The zero-order valence-electron chi connectivity index (χ0n) is 19.2. The first-order valence-corrected chi connectivity index (χ1v) is 11.3. The molecule has 0 amide bonds. The van der Waals surface area contributed by atoms with Crippen LogP contribution >= 0.6 is 0 Å². The first kappa shape index (κ1) is 20.6. The molecule has 0 fully saturated rings. The fourth-order valence-corrected chi connectivity index (χ4v) is 4.58. The van der Waals surface area contributed by atoms with Crippen LogP contribution in [-0.2, 0) is 20.0 Å². The average Bonchev–Trinajstić information content (AvgIpc) is 3.10. The molecular formula is C25H31N7. The monoisotopic (exact) mass is 429 g/mol. The van der Waals surface area contributed by atoms with E-state index < -0.39 is 0 Å². The molecule has 1 aromatic heterocycles. The lowest BCUT2D eigenvalue weighted by molar-refractivity contribution is 0.268. The number of nitrogens with zero attached hydrogens (tertiary/aromatic N) is 4. The highest BCUT2D eigenvalue weighted by molar-refractivity contribution is 5.96. The molecule has 7 heteroatoms. The molecule has 3 aromatic rings. The maximum atomic E-state index is 4.72. The molecule has 0 aliphatic carbocycles. The number of nitrogens with one attached hydrogen (secondary N) is 3. The average molecular weight is 430 g/mol. The highest BCUT2D eigenvalue weighted by atomic mass is 15.4. The van der Waals surface area contributed by atoms with E-state index in [4.69, 9.17) is 10.1 Å². The van der Waals surface area contributed by atoms with Gasteiger partial charge in [0.15, 0.2) is 12.1 Å². The summed E-state index contributed by atoms with van der Waals surface area (Å²) in [5.74, 6) is 1.75. The van der Waals surface area contributed by atoms with Crippen LogP contribution in [0.15, 0.2) is 41.4 Å². The SMILES string of the molecule is CCN1CCc2ccc(NC3N=Cc4c(Nc5c(C)cccc5C)nn(C)c4N3)cc2C1. The van der Waals surface area contributed by atoms with Gasteiger partial charge in [-0.25, -0.2) is 4.99 Å². The highest BCUT2D eigenvalue weighted by Gasteiger charge is 2.23. The van der Waals surface area contributed by atoms with Crippen LogP contribution in [0.4, 0.5) is 23.0 Å². The number of hydrogen-bond acceptors (Lipinski definition) is 6. The summed E-state index contributed by atoms with van der Waals surface area (Å²) in [6, 6.07) is 13.0. The molecule has 166 valence electrons. The summed E-state index contributed by atoms with van der Waals surface area (Å²) in [7, 11) is 1.95. The van der Waals surface area contributed by atoms with E-state index in [0.717, 1.165) is 54.6 Å². The molecular weight excluding hydrogens is 398 g/mol.